The highest BCUT2D eigenvalue weighted by molar-refractivity contribution is 7.98. The van der Waals surface area contributed by atoms with Crippen molar-refractivity contribution >= 4 is 11.8 Å². The van der Waals surface area contributed by atoms with Gasteiger partial charge in [0, 0.05) is 29.9 Å². The van der Waals surface area contributed by atoms with Gasteiger partial charge in [0.25, 0.3) is 0 Å². The second-order valence-electron chi connectivity index (χ2n) is 4.36. The smallest absolute Gasteiger partial charge is 0.0492 e. The Hall–Kier alpha value is -1.26. The molecule has 0 aliphatic heterocycles. The molecule has 0 saturated carbocycles. The highest BCUT2D eigenvalue weighted by Gasteiger charge is 2.07. The summed E-state index contributed by atoms with van der Waals surface area (Å²) in [7, 11) is 1.97. The van der Waals surface area contributed by atoms with Crippen LogP contribution in [0.15, 0.2) is 41.4 Å². The minimum absolute atomic E-state index is 0.0933. The molecule has 2 N–H and O–H groups in total. The molecule has 18 heavy (non-hydrogen) atoms. The first-order chi connectivity index (χ1) is 8.70. The van der Waals surface area contributed by atoms with Gasteiger partial charge in [-0.15, -0.1) is 11.8 Å². The van der Waals surface area contributed by atoms with Crippen LogP contribution in [0.5, 0.6) is 0 Å². The van der Waals surface area contributed by atoms with Gasteiger partial charge in [-0.2, -0.15) is 5.10 Å². The standard InChI is InChI=1S/C14H19N3S/c1-17-12(9-10-16-17)5-8-14(15)11-3-6-13(18-2)7-4-11/h3-4,6-7,9-10,14H,5,8,15H2,1-2H3. The van der Waals surface area contributed by atoms with Crippen LogP contribution in [0.3, 0.4) is 0 Å². The van der Waals surface area contributed by atoms with Crippen LogP contribution < -0.4 is 5.73 Å². The summed E-state index contributed by atoms with van der Waals surface area (Å²) in [5.41, 5.74) is 8.65. The van der Waals surface area contributed by atoms with Gasteiger partial charge in [-0.3, -0.25) is 4.68 Å². The molecular formula is C14H19N3S. The van der Waals surface area contributed by atoms with Crippen LogP contribution in [0.25, 0.3) is 0 Å². The van der Waals surface area contributed by atoms with Crippen molar-refractivity contribution in [2.45, 2.75) is 23.8 Å². The third kappa shape index (κ3) is 3.15. The first kappa shape index (κ1) is 13.2. The highest BCUT2D eigenvalue weighted by atomic mass is 32.2. The topological polar surface area (TPSA) is 43.8 Å². The summed E-state index contributed by atoms with van der Waals surface area (Å²) in [6.07, 6.45) is 5.81. The van der Waals surface area contributed by atoms with Crippen molar-refractivity contribution in [3.63, 3.8) is 0 Å². The Labute approximate surface area is 112 Å². The van der Waals surface area contributed by atoms with Crippen molar-refractivity contribution in [1.29, 1.82) is 0 Å². The molecule has 1 aromatic heterocycles. The van der Waals surface area contributed by atoms with Crippen LogP contribution in [-0.2, 0) is 13.5 Å². The molecule has 1 heterocycles. The van der Waals surface area contributed by atoms with Crippen molar-refractivity contribution in [3.8, 4) is 0 Å². The van der Waals surface area contributed by atoms with E-state index in [9.17, 15) is 0 Å². The van der Waals surface area contributed by atoms with Gasteiger partial charge < -0.3 is 5.73 Å². The minimum atomic E-state index is 0.0933. The van der Waals surface area contributed by atoms with Crippen molar-refractivity contribution in [2.24, 2.45) is 12.8 Å². The summed E-state index contributed by atoms with van der Waals surface area (Å²) in [6.45, 7) is 0. The van der Waals surface area contributed by atoms with E-state index in [1.807, 2.05) is 24.0 Å². The molecule has 0 bridgehead atoms. The molecule has 2 rings (SSSR count). The number of aromatic nitrogens is 2. The number of aryl methyl sites for hydroxylation is 2. The number of nitrogens with zero attached hydrogens (tertiary/aromatic N) is 2. The molecular weight excluding hydrogens is 242 g/mol. The first-order valence-corrected chi connectivity index (χ1v) is 7.29. The molecule has 0 saturated heterocycles. The lowest BCUT2D eigenvalue weighted by Gasteiger charge is -2.12. The predicted molar refractivity (Wildman–Crippen MR) is 76.7 cm³/mol. The van der Waals surface area contributed by atoms with E-state index >= 15 is 0 Å². The molecule has 0 spiro atoms. The van der Waals surface area contributed by atoms with E-state index < -0.39 is 0 Å². The van der Waals surface area contributed by atoms with Crippen molar-refractivity contribution in [2.75, 3.05) is 6.26 Å². The fourth-order valence-electron chi connectivity index (χ4n) is 1.97. The molecule has 2 aromatic rings. The van der Waals surface area contributed by atoms with Gasteiger partial charge >= 0.3 is 0 Å². The predicted octanol–water partition coefficient (Wildman–Crippen LogP) is 2.77. The Morgan fingerprint density at radius 2 is 2.00 bits per heavy atom. The lowest BCUT2D eigenvalue weighted by molar-refractivity contribution is 0.613. The van der Waals surface area contributed by atoms with E-state index in [4.69, 9.17) is 5.73 Å². The fraction of sp³-hybridized carbons (Fsp3) is 0.357. The molecule has 0 radical (unpaired) electrons. The quantitative estimate of drug-likeness (QED) is 0.842. The largest absolute Gasteiger partial charge is 0.324 e. The molecule has 0 aliphatic rings. The van der Waals surface area contributed by atoms with Crippen molar-refractivity contribution < 1.29 is 0 Å². The summed E-state index contributed by atoms with van der Waals surface area (Å²) < 4.78 is 1.91. The second kappa shape index (κ2) is 6.07. The van der Waals surface area contributed by atoms with Crippen LogP contribution in [0.4, 0.5) is 0 Å². The molecule has 96 valence electrons. The Balaban J connectivity index is 1.94. The fourth-order valence-corrected chi connectivity index (χ4v) is 2.38. The van der Waals surface area contributed by atoms with E-state index in [-0.39, 0.29) is 6.04 Å². The van der Waals surface area contributed by atoms with E-state index in [1.165, 1.54) is 16.2 Å². The number of rotatable bonds is 5. The SMILES string of the molecule is CSc1ccc(C(N)CCc2ccnn2C)cc1. The summed E-state index contributed by atoms with van der Waals surface area (Å²) in [5, 5.41) is 4.16. The van der Waals surface area contributed by atoms with Gasteiger partial charge in [-0.1, -0.05) is 12.1 Å². The summed E-state index contributed by atoms with van der Waals surface area (Å²) >= 11 is 1.75. The normalized spacial score (nSPS) is 12.6. The average molecular weight is 261 g/mol. The van der Waals surface area contributed by atoms with E-state index in [0.29, 0.717) is 0 Å². The number of hydrogen-bond donors (Lipinski definition) is 1. The molecule has 4 heteroatoms. The summed E-state index contributed by atoms with van der Waals surface area (Å²) in [6, 6.07) is 10.6. The maximum absolute atomic E-state index is 6.22. The summed E-state index contributed by atoms with van der Waals surface area (Å²) in [5.74, 6) is 0. The molecule has 3 nitrogen and oxygen atoms in total. The Bertz CT molecular complexity index is 490. The van der Waals surface area contributed by atoms with Crippen LogP contribution in [0.2, 0.25) is 0 Å². The third-order valence-electron chi connectivity index (χ3n) is 3.18. The van der Waals surface area contributed by atoms with Gasteiger partial charge in [0.15, 0.2) is 0 Å². The lowest BCUT2D eigenvalue weighted by atomic mass is 10.0. The van der Waals surface area contributed by atoms with Gasteiger partial charge in [0.1, 0.15) is 0 Å². The molecule has 1 aromatic carbocycles. The zero-order valence-corrected chi connectivity index (χ0v) is 11.7. The molecule has 1 atom stereocenters. The maximum Gasteiger partial charge on any atom is 0.0492 e. The maximum atomic E-state index is 6.22. The van der Waals surface area contributed by atoms with E-state index in [2.05, 4.69) is 35.6 Å². The van der Waals surface area contributed by atoms with Crippen molar-refractivity contribution in [3.05, 3.63) is 47.8 Å². The van der Waals surface area contributed by atoms with E-state index in [0.717, 1.165) is 12.8 Å². The number of thioether (sulfide) groups is 1. The average Bonchev–Trinajstić information content (AvgIpc) is 2.81. The minimum Gasteiger partial charge on any atom is -0.324 e. The molecule has 0 aliphatic carbocycles. The van der Waals surface area contributed by atoms with Crippen molar-refractivity contribution in [1.82, 2.24) is 9.78 Å². The van der Waals surface area contributed by atoms with Crippen LogP contribution in [-0.4, -0.2) is 16.0 Å². The number of benzene rings is 1. The van der Waals surface area contributed by atoms with Gasteiger partial charge in [-0.25, -0.2) is 0 Å². The third-order valence-corrected chi connectivity index (χ3v) is 3.92. The number of hydrogen-bond acceptors (Lipinski definition) is 3. The molecule has 1 unspecified atom stereocenters. The Morgan fingerprint density at radius 3 is 2.56 bits per heavy atom. The van der Waals surface area contributed by atoms with E-state index in [1.54, 1.807) is 11.8 Å². The van der Waals surface area contributed by atoms with Gasteiger partial charge in [0.05, 0.1) is 0 Å². The first-order valence-electron chi connectivity index (χ1n) is 6.07. The van der Waals surface area contributed by atoms with Gasteiger partial charge in [-0.05, 0) is 42.9 Å². The van der Waals surface area contributed by atoms with Crippen LogP contribution in [0, 0.1) is 0 Å². The van der Waals surface area contributed by atoms with Crippen LogP contribution >= 0.6 is 11.8 Å². The zero-order chi connectivity index (χ0) is 13.0. The lowest BCUT2D eigenvalue weighted by Crippen LogP contribution is -2.12. The highest BCUT2D eigenvalue weighted by Crippen LogP contribution is 2.20. The monoisotopic (exact) mass is 261 g/mol. The molecule has 0 amide bonds. The Kier molecular flexibility index (Phi) is 4.44. The Morgan fingerprint density at radius 1 is 1.28 bits per heavy atom. The number of nitrogens with two attached hydrogens (primary N) is 1. The molecule has 0 fully saturated rings. The second-order valence-corrected chi connectivity index (χ2v) is 5.24. The van der Waals surface area contributed by atoms with Crippen LogP contribution in [0.1, 0.15) is 23.7 Å². The summed E-state index contributed by atoms with van der Waals surface area (Å²) in [4.78, 5) is 1.28. The zero-order valence-electron chi connectivity index (χ0n) is 10.8. The van der Waals surface area contributed by atoms with Gasteiger partial charge in [0.2, 0.25) is 0 Å².